The second-order valence-electron chi connectivity index (χ2n) is 7.63. The number of nitrogens with zero attached hydrogens (tertiary/aromatic N) is 3. The van der Waals surface area contributed by atoms with Crippen LogP contribution in [0.5, 0.6) is 0 Å². The molecular weight excluding hydrogens is 443 g/mol. The summed E-state index contributed by atoms with van der Waals surface area (Å²) in [6, 6.07) is 6.78. The van der Waals surface area contributed by atoms with Gasteiger partial charge in [-0.05, 0) is 49.2 Å². The summed E-state index contributed by atoms with van der Waals surface area (Å²) in [5, 5.41) is 0. The maximum Gasteiger partial charge on any atom is 0.416 e. The predicted molar refractivity (Wildman–Crippen MR) is 115 cm³/mol. The first-order valence-corrected chi connectivity index (χ1v) is 11.6. The van der Waals surface area contributed by atoms with E-state index in [4.69, 9.17) is 0 Å². The van der Waals surface area contributed by atoms with Crippen LogP contribution in [0, 0.1) is 13.8 Å². The maximum absolute atomic E-state index is 12.8. The van der Waals surface area contributed by atoms with Crippen molar-refractivity contribution in [3.05, 3.63) is 70.6 Å². The van der Waals surface area contributed by atoms with Gasteiger partial charge in [0, 0.05) is 38.1 Å². The number of amides is 1. The molecule has 6 nitrogen and oxygen atoms in total. The molecule has 0 saturated carbocycles. The van der Waals surface area contributed by atoms with Gasteiger partial charge in [0.05, 0.1) is 16.9 Å². The Morgan fingerprint density at radius 2 is 1.78 bits per heavy atom. The van der Waals surface area contributed by atoms with E-state index in [0.29, 0.717) is 16.7 Å². The minimum Gasteiger partial charge on any atom is -0.336 e. The number of halogens is 3. The van der Waals surface area contributed by atoms with Gasteiger partial charge in [0.25, 0.3) is 5.91 Å². The maximum atomic E-state index is 12.8. The van der Waals surface area contributed by atoms with Crippen LogP contribution in [-0.2, 0) is 16.2 Å². The van der Waals surface area contributed by atoms with Crippen molar-refractivity contribution in [2.24, 2.45) is 0 Å². The SMILES string of the molecule is Cc1ccc(C(=O)N2CCN(S(=O)(=O)CC=Cc3ccc(C(F)(F)F)cc3C)CC2)cn1. The lowest BCUT2D eigenvalue weighted by atomic mass is 10.0. The van der Waals surface area contributed by atoms with Crippen LogP contribution in [0.15, 0.2) is 42.6 Å². The minimum absolute atomic E-state index is 0.181. The van der Waals surface area contributed by atoms with Gasteiger partial charge in [-0.2, -0.15) is 17.5 Å². The van der Waals surface area contributed by atoms with Crippen LogP contribution in [-0.4, -0.2) is 60.4 Å². The Morgan fingerprint density at radius 1 is 1.09 bits per heavy atom. The van der Waals surface area contributed by atoms with Gasteiger partial charge in [0.1, 0.15) is 0 Å². The van der Waals surface area contributed by atoms with Crippen LogP contribution in [0.1, 0.15) is 32.7 Å². The molecule has 2 heterocycles. The molecular formula is C22H24F3N3O3S. The van der Waals surface area contributed by atoms with E-state index in [1.54, 1.807) is 24.0 Å². The van der Waals surface area contributed by atoms with Crippen molar-refractivity contribution in [2.45, 2.75) is 20.0 Å². The topological polar surface area (TPSA) is 70.6 Å². The van der Waals surface area contributed by atoms with E-state index in [2.05, 4.69) is 4.98 Å². The number of rotatable bonds is 5. The third-order valence-electron chi connectivity index (χ3n) is 5.28. The number of aryl methyl sites for hydroxylation is 2. The molecule has 1 amide bonds. The molecule has 0 radical (unpaired) electrons. The smallest absolute Gasteiger partial charge is 0.336 e. The molecule has 0 bridgehead atoms. The lowest BCUT2D eigenvalue weighted by Gasteiger charge is -2.33. The number of hydrogen-bond donors (Lipinski definition) is 0. The minimum atomic E-state index is -4.42. The van der Waals surface area contributed by atoms with E-state index >= 15 is 0 Å². The second kappa shape index (κ2) is 9.41. The molecule has 0 unspecified atom stereocenters. The monoisotopic (exact) mass is 467 g/mol. The van der Waals surface area contributed by atoms with Crippen LogP contribution in [0.2, 0.25) is 0 Å². The lowest BCUT2D eigenvalue weighted by molar-refractivity contribution is -0.137. The van der Waals surface area contributed by atoms with Crippen molar-refractivity contribution < 1.29 is 26.4 Å². The van der Waals surface area contributed by atoms with E-state index in [1.165, 1.54) is 28.7 Å². The molecule has 1 aliphatic heterocycles. The van der Waals surface area contributed by atoms with E-state index < -0.39 is 21.8 Å². The number of sulfonamides is 1. The number of benzene rings is 1. The van der Waals surface area contributed by atoms with Crippen molar-refractivity contribution in [1.82, 2.24) is 14.2 Å². The van der Waals surface area contributed by atoms with Gasteiger partial charge in [-0.15, -0.1) is 0 Å². The van der Waals surface area contributed by atoms with Gasteiger partial charge in [0.15, 0.2) is 0 Å². The zero-order chi connectivity index (χ0) is 23.5. The van der Waals surface area contributed by atoms with Crippen molar-refractivity contribution in [1.29, 1.82) is 0 Å². The van der Waals surface area contributed by atoms with Crippen molar-refractivity contribution in [3.8, 4) is 0 Å². The molecule has 1 aliphatic rings. The third-order valence-corrected chi connectivity index (χ3v) is 7.04. The molecule has 1 fully saturated rings. The molecule has 172 valence electrons. The number of piperazine rings is 1. The Hall–Kier alpha value is -2.72. The fourth-order valence-corrected chi connectivity index (χ4v) is 4.66. The summed E-state index contributed by atoms with van der Waals surface area (Å²) in [6.07, 6.45) is 0.0300. The molecule has 32 heavy (non-hydrogen) atoms. The number of pyridine rings is 1. The Kier molecular flexibility index (Phi) is 7.04. The van der Waals surface area contributed by atoms with Crippen LogP contribution < -0.4 is 0 Å². The van der Waals surface area contributed by atoms with Crippen molar-refractivity contribution in [3.63, 3.8) is 0 Å². The Labute approximate surface area is 185 Å². The average Bonchev–Trinajstić information content (AvgIpc) is 2.74. The Balaban J connectivity index is 1.57. The summed E-state index contributed by atoms with van der Waals surface area (Å²) >= 11 is 0. The first-order valence-electron chi connectivity index (χ1n) is 10.0. The van der Waals surface area contributed by atoms with Crippen LogP contribution in [0.25, 0.3) is 6.08 Å². The van der Waals surface area contributed by atoms with Crippen LogP contribution in [0.4, 0.5) is 13.2 Å². The van der Waals surface area contributed by atoms with Gasteiger partial charge < -0.3 is 4.90 Å². The standard InChI is InChI=1S/C22H24F3N3O3S/c1-16-14-20(22(23,24)25)8-7-18(16)4-3-13-32(30,31)28-11-9-27(10-12-28)21(29)19-6-5-17(2)26-15-19/h3-8,14-15H,9-13H2,1-2H3. The first kappa shape index (κ1) is 23.9. The van der Waals surface area contributed by atoms with E-state index in [0.717, 1.165) is 17.8 Å². The summed E-state index contributed by atoms with van der Waals surface area (Å²) < 4.78 is 64.9. The molecule has 3 rings (SSSR count). The molecule has 1 aromatic heterocycles. The fraction of sp³-hybridized carbons (Fsp3) is 0.364. The summed E-state index contributed by atoms with van der Waals surface area (Å²) in [5.41, 5.74) is 1.45. The quantitative estimate of drug-likeness (QED) is 0.675. The van der Waals surface area contributed by atoms with E-state index in [-0.39, 0.29) is 37.8 Å². The number of aromatic nitrogens is 1. The fourth-order valence-electron chi connectivity index (χ4n) is 3.39. The normalized spacial score (nSPS) is 16.0. The van der Waals surface area contributed by atoms with Crippen molar-refractivity contribution in [2.75, 3.05) is 31.9 Å². The molecule has 1 aromatic carbocycles. The van der Waals surface area contributed by atoms with Gasteiger partial charge in [-0.25, -0.2) is 8.42 Å². The Morgan fingerprint density at radius 3 is 2.34 bits per heavy atom. The molecule has 0 N–H and O–H groups in total. The molecule has 0 spiro atoms. The highest BCUT2D eigenvalue weighted by atomic mass is 32.2. The summed E-state index contributed by atoms with van der Waals surface area (Å²) in [5.74, 6) is -0.462. The number of carbonyl (C=O) groups excluding carboxylic acids is 1. The zero-order valence-electron chi connectivity index (χ0n) is 17.8. The Bertz CT molecular complexity index is 1110. The third kappa shape index (κ3) is 5.74. The molecule has 2 aromatic rings. The summed E-state index contributed by atoms with van der Waals surface area (Å²) in [7, 11) is -3.60. The first-order chi connectivity index (χ1) is 15.0. The van der Waals surface area contributed by atoms with Gasteiger partial charge in [-0.1, -0.05) is 18.2 Å². The largest absolute Gasteiger partial charge is 0.416 e. The lowest BCUT2D eigenvalue weighted by Crippen LogP contribution is -2.50. The summed E-state index contributed by atoms with van der Waals surface area (Å²) in [6.45, 7) is 4.27. The number of carbonyl (C=O) groups is 1. The van der Waals surface area contributed by atoms with Crippen LogP contribution >= 0.6 is 0 Å². The van der Waals surface area contributed by atoms with Gasteiger partial charge in [-0.3, -0.25) is 9.78 Å². The molecule has 10 heteroatoms. The number of alkyl halides is 3. The summed E-state index contributed by atoms with van der Waals surface area (Å²) in [4.78, 5) is 18.3. The predicted octanol–water partition coefficient (Wildman–Crippen LogP) is 3.52. The zero-order valence-corrected chi connectivity index (χ0v) is 18.6. The van der Waals surface area contributed by atoms with Gasteiger partial charge in [0.2, 0.25) is 10.0 Å². The van der Waals surface area contributed by atoms with Crippen LogP contribution in [0.3, 0.4) is 0 Å². The average molecular weight is 468 g/mol. The highest BCUT2D eigenvalue weighted by Gasteiger charge is 2.31. The van der Waals surface area contributed by atoms with E-state index in [1.807, 2.05) is 6.92 Å². The van der Waals surface area contributed by atoms with Gasteiger partial charge >= 0.3 is 6.18 Å². The van der Waals surface area contributed by atoms with E-state index in [9.17, 15) is 26.4 Å². The number of hydrogen-bond acceptors (Lipinski definition) is 4. The highest BCUT2D eigenvalue weighted by Crippen LogP contribution is 2.30. The van der Waals surface area contributed by atoms with Crippen molar-refractivity contribution >= 4 is 22.0 Å². The molecule has 0 atom stereocenters. The second-order valence-corrected chi connectivity index (χ2v) is 9.64. The molecule has 1 saturated heterocycles. The highest BCUT2D eigenvalue weighted by molar-refractivity contribution is 7.89. The molecule has 0 aliphatic carbocycles.